The molecule has 0 amide bonds. The number of benzene rings is 4. The van der Waals surface area contributed by atoms with Gasteiger partial charge in [0.15, 0.2) is 10.9 Å². The third-order valence-electron chi connectivity index (χ3n) is 5.20. The quantitative estimate of drug-likeness (QED) is 0.0814. The molecule has 0 spiro atoms. The Balaban J connectivity index is 1.58. The first-order valence-corrected chi connectivity index (χ1v) is 13.5. The first kappa shape index (κ1) is 26.8. The number of carbonyl (C=O) groups is 2. The van der Waals surface area contributed by atoms with Gasteiger partial charge in [0.2, 0.25) is 0 Å². The van der Waals surface area contributed by atoms with Gasteiger partial charge in [-0.15, -0.1) is 0 Å². The minimum absolute atomic E-state index is 0.207. The molecule has 2 atom stereocenters. The standard InChI is InChI=1S/C28H22O8S2/c29-19-11-13-23(31)21(15-19)25(33)35-27(17-7-3-1-4-8-17)37-38-28(18-9-5-2-6-10-18)36-26(34)22-16-20(30)12-14-24(22)32/h1-16,27-32H. The summed E-state index contributed by atoms with van der Waals surface area (Å²) in [4.78, 5) is 25.8. The highest BCUT2D eigenvalue weighted by Crippen LogP contribution is 2.48. The van der Waals surface area contributed by atoms with Crippen molar-refractivity contribution in [3.8, 4) is 23.0 Å². The van der Waals surface area contributed by atoms with Crippen LogP contribution in [0.1, 0.15) is 42.7 Å². The molecule has 8 nitrogen and oxygen atoms in total. The Morgan fingerprint density at radius 3 is 1.29 bits per heavy atom. The van der Waals surface area contributed by atoms with Gasteiger partial charge in [0, 0.05) is 11.1 Å². The third-order valence-corrected chi connectivity index (χ3v) is 7.78. The predicted octanol–water partition coefficient (Wildman–Crippen LogP) is 6.30. The number of hydrogen-bond acceptors (Lipinski definition) is 10. The molecule has 194 valence electrons. The Labute approximate surface area is 225 Å². The number of rotatable bonds is 9. The van der Waals surface area contributed by atoms with Crippen LogP contribution in [-0.2, 0) is 9.47 Å². The van der Waals surface area contributed by atoms with E-state index in [1.54, 1.807) is 60.7 Å². The van der Waals surface area contributed by atoms with Gasteiger partial charge in [-0.05, 0) is 58.0 Å². The van der Waals surface area contributed by atoms with Gasteiger partial charge in [-0.3, -0.25) is 0 Å². The molecule has 0 aliphatic carbocycles. The molecule has 0 aliphatic heterocycles. The summed E-state index contributed by atoms with van der Waals surface area (Å²) in [5, 5.41) is 39.7. The molecule has 0 aromatic heterocycles. The van der Waals surface area contributed by atoms with Crippen LogP contribution in [0.15, 0.2) is 97.1 Å². The van der Waals surface area contributed by atoms with E-state index in [2.05, 4.69) is 0 Å². The van der Waals surface area contributed by atoms with Gasteiger partial charge in [0.05, 0.1) is 0 Å². The minimum atomic E-state index is -0.894. The molecule has 0 saturated carbocycles. The molecule has 0 radical (unpaired) electrons. The van der Waals surface area contributed by atoms with Crippen molar-refractivity contribution in [1.29, 1.82) is 0 Å². The fourth-order valence-corrected chi connectivity index (χ4v) is 5.80. The maximum atomic E-state index is 12.9. The zero-order valence-electron chi connectivity index (χ0n) is 19.6. The van der Waals surface area contributed by atoms with Crippen LogP contribution < -0.4 is 0 Å². The van der Waals surface area contributed by atoms with Gasteiger partial charge < -0.3 is 29.9 Å². The highest BCUT2D eigenvalue weighted by molar-refractivity contribution is 8.76. The number of phenols is 4. The number of hydrogen-bond donors (Lipinski definition) is 4. The van der Waals surface area contributed by atoms with Gasteiger partial charge in [0.25, 0.3) is 0 Å². The number of carbonyl (C=O) groups excluding carboxylic acids is 2. The van der Waals surface area contributed by atoms with E-state index in [0.29, 0.717) is 11.1 Å². The Morgan fingerprint density at radius 2 is 0.921 bits per heavy atom. The Hall–Kier alpha value is -4.28. The summed E-state index contributed by atoms with van der Waals surface area (Å²) in [7, 11) is 2.19. The van der Waals surface area contributed by atoms with Crippen molar-refractivity contribution in [3.63, 3.8) is 0 Å². The van der Waals surface area contributed by atoms with Crippen LogP contribution in [0.4, 0.5) is 0 Å². The normalized spacial score (nSPS) is 12.3. The maximum absolute atomic E-state index is 12.9. The molecular formula is C28H22O8S2. The van der Waals surface area contributed by atoms with E-state index in [-0.39, 0.29) is 34.1 Å². The molecule has 10 heteroatoms. The van der Waals surface area contributed by atoms with Gasteiger partial charge >= 0.3 is 11.9 Å². The number of esters is 2. The molecule has 0 bridgehead atoms. The summed E-state index contributed by atoms with van der Waals surface area (Å²) < 4.78 is 11.4. The highest BCUT2D eigenvalue weighted by atomic mass is 33.1. The smallest absolute Gasteiger partial charge is 0.343 e. The van der Waals surface area contributed by atoms with Crippen LogP contribution in [0.2, 0.25) is 0 Å². The van der Waals surface area contributed by atoms with Crippen LogP contribution in [0.5, 0.6) is 23.0 Å². The molecule has 4 N–H and O–H groups in total. The van der Waals surface area contributed by atoms with Crippen molar-refractivity contribution in [2.24, 2.45) is 0 Å². The van der Waals surface area contributed by atoms with Crippen molar-refractivity contribution >= 4 is 33.5 Å². The molecule has 0 heterocycles. The van der Waals surface area contributed by atoms with Crippen LogP contribution in [-0.4, -0.2) is 32.4 Å². The monoisotopic (exact) mass is 550 g/mol. The average Bonchev–Trinajstić information content (AvgIpc) is 2.93. The van der Waals surface area contributed by atoms with Gasteiger partial charge in [0.1, 0.15) is 34.1 Å². The Bertz CT molecular complexity index is 1300. The summed E-state index contributed by atoms with van der Waals surface area (Å²) in [5.74, 6) is -2.84. The van der Waals surface area contributed by atoms with E-state index in [9.17, 15) is 30.0 Å². The van der Waals surface area contributed by atoms with Crippen LogP contribution in [0, 0.1) is 0 Å². The molecule has 2 unspecified atom stereocenters. The second-order valence-electron chi connectivity index (χ2n) is 7.89. The zero-order valence-corrected chi connectivity index (χ0v) is 21.3. The molecule has 4 aromatic rings. The fraction of sp³-hybridized carbons (Fsp3) is 0.0714. The lowest BCUT2D eigenvalue weighted by molar-refractivity contribution is 0.0440. The maximum Gasteiger partial charge on any atom is 0.343 e. The molecule has 4 rings (SSSR count). The summed E-state index contributed by atoms with van der Waals surface area (Å²) >= 11 is 0. The van der Waals surface area contributed by atoms with E-state index in [4.69, 9.17) is 9.47 Å². The summed E-state index contributed by atoms with van der Waals surface area (Å²) in [6.45, 7) is 0. The minimum Gasteiger partial charge on any atom is -0.508 e. The highest BCUT2D eigenvalue weighted by Gasteiger charge is 2.27. The average molecular weight is 551 g/mol. The van der Waals surface area contributed by atoms with Crippen molar-refractivity contribution in [1.82, 2.24) is 0 Å². The van der Waals surface area contributed by atoms with Gasteiger partial charge in [-0.25, -0.2) is 9.59 Å². The SMILES string of the molecule is O=C(OC(SSC(OC(=O)c1cc(O)ccc1O)c1ccccc1)c1ccccc1)c1cc(O)ccc1O. The fourth-order valence-electron chi connectivity index (χ4n) is 3.30. The van der Waals surface area contributed by atoms with E-state index in [0.717, 1.165) is 33.7 Å². The second kappa shape index (κ2) is 12.3. The molecule has 4 aromatic carbocycles. The predicted molar refractivity (Wildman–Crippen MR) is 144 cm³/mol. The van der Waals surface area contributed by atoms with Crippen molar-refractivity contribution in [2.75, 3.05) is 0 Å². The summed E-state index contributed by atoms with van der Waals surface area (Å²) in [6, 6.07) is 24.8. The van der Waals surface area contributed by atoms with Crippen molar-refractivity contribution in [3.05, 3.63) is 119 Å². The van der Waals surface area contributed by atoms with Crippen LogP contribution in [0.25, 0.3) is 0 Å². The third kappa shape index (κ3) is 6.72. The number of phenolic OH excluding ortho intramolecular Hbond substituents is 4. The molecule has 0 saturated heterocycles. The van der Waals surface area contributed by atoms with E-state index in [1.165, 1.54) is 24.3 Å². The largest absolute Gasteiger partial charge is 0.508 e. The topological polar surface area (TPSA) is 134 Å². The Morgan fingerprint density at radius 1 is 0.553 bits per heavy atom. The molecule has 0 aliphatic rings. The Kier molecular flexibility index (Phi) is 8.67. The summed E-state index contributed by atoms with van der Waals surface area (Å²) in [6.07, 6.45) is 0. The van der Waals surface area contributed by atoms with Crippen LogP contribution >= 0.6 is 21.6 Å². The summed E-state index contributed by atoms with van der Waals surface area (Å²) in [5.41, 5.74) is -0.948. The van der Waals surface area contributed by atoms with E-state index < -0.39 is 22.8 Å². The van der Waals surface area contributed by atoms with E-state index >= 15 is 0 Å². The first-order valence-electron chi connectivity index (χ1n) is 11.2. The zero-order chi connectivity index (χ0) is 27.1. The molecular weight excluding hydrogens is 528 g/mol. The molecule has 0 fully saturated rings. The lowest BCUT2D eigenvalue weighted by Gasteiger charge is -2.22. The second-order valence-corrected chi connectivity index (χ2v) is 10.3. The molecule has 38 heavy (non-hydrogen) atoms. The van der Waals surface area contributed by atoms with Gasteiger partial charge in [-0.2, -0.15) is 0 Å². The van der Waals surface area contributed by atoms with E-state index in [1.807, 2.05) is 0 Å². The first-order chi connectivity index (χ1) is 18.3. The van der Waals surface area contributed by atoms with Crippen molar-refractivity contribution in [2.45, 2.75) is 10.9 Å². The number of ether oxygens (including phenoxy) is 2. The van der Waals surface area contributed by atoms with Crippen molar-refractivity contribution < 1.29 is 39.5 Å². The lowest BCUT2D eigenvalue weighted by atomic mass is 10.2. The lowest BCUT2D eigenvalue weighted by Crippen LogP contribution is -2.11. The number of aromatic hydroxyl groups is 4. The van der Waals surface area contributed by atoms with Gasteiger partial charge in [-0.1, -0.05) is 60.7 Å². The van der Waals surface area contributed by atoms with Crippen LogP contribution in [0.3, 0.4) is 0 Å².